The van der Waals surface area contributed by atoms with Gasteiger partial charge in [-0.2, -0.15) is 0 Å². The average Bonchev–Trinajstić information content (AvgIpc) is 3.47. The van der Waals surface area contributed by atoms with Crippen LogP contribution in [0.2, 0.25) is 0 Å². The summed E-state index contributed by atoms with van der Waals surface area (Å²) < 4.78 is 11.5. The molecule has 0 spiro atoms. The van der Waals surface area contributed by atoms with Crippen LogP contribution in [0.15, 0.2) is 65.1 Å². The molecule has 0 aliphatic rings. The molecule has 0 radical (unpaired) electrons. The number of ether oxygens (including phenoxy) is 1. The Kier molecular flexibility index (Phi) is 6.76. The van der Waals surface area contributed by atoms with Gasteiger partial charge in [-0.15, -0.1) is 21.5 Å². The van der Waals surface area contributed by atoms with Crippen LogP contribution in [-0.2, 0) is 0 Å². The van der Waals surface area contributed by atoms with Crippen LogP contribution in [0.3, 0.4) is 0 Å². The number of aliphatic hydroxyl groups excluding tert-OH is 1. The third-order valence-electron chi connectivity index (χ3n) is 4.85. The Morgan fingerprint density at radius 1 is 0.839 bits per heavy atom. The first-order valence-electron chi connectivity index (χ1n) is 10.3. The van der Waals surface area contributed by atoms with Crippen molar-refractivity contribution in [2.75, 3.05) is 6.61 Å². The van der Waals surface area contributed by atoms with Gasteiger partial charge >= 0.3 is 0 Å². The van der Waals surface area contributed by atoms with Gasteiger partial charge in [0.05, 0.1) is 16.4 Å². The molecule has 0 atom stereocenters. The van der Waals surface area contributed by atoms with Crippen LogP contribution in [0.4, 0.5) is 0 Å². The molecule has 4 rings (SSSR count). The van der Waals surface area contributed by atoms with Gasteiger partial charge in [-0.3, -0.25) is 0 Å². The lowest BCUT2D eigenvalue weighted by Gasteiger charge is -2.07. The van der Waals surface area contributed by atoms with Crippen molar-refractivity contribution in [1.82, 2.24) is 10.2 Å². The zero-order valence-corrected chi connectivity index (χ0v) is 18.0. The zero-order chi connectivity index (χ0) is 21.6. The second kappa shape index (κ2) is 9.87. The lowest BCUT2D eigenvalue weighted by Crippen LogP contribution is -1.96. The number of hydrogen-bond acceptors (Lipinski definition) is 7. The highest BCUT2D eigenvalue weighted by molar-refractivity contribution is 7.15. The van der Waals surface area contributed by atoms with E-state index in [1.165, 1.54) is 24.2 Å². The van der Waals surface area contributed by atoms with E-state index in [-0.39, 0.29) is 0 Å². The number of thiophene rings is 1. The van der Waals surface area contributed by atoms with E-state index >= 15 is 0 Å². The minimum Gasteiger partial charge on any atom is -0.494 e. The fraction of sp³-hybridized carbons (Fsp3) is 0.250. The maximum absolute atomic E-state index is 9.25. The third kappa shape index (κ3) is 5.19. The fourth-order valence-corrected chi connectivity index (χ4v) is 3.94. The van der Waals surface area contributed by atoms with Crippen LogP contribution in [0.1, 0.15) is 37.4 Å². The maximum Gasteiger partial charge on any atom is 0.258 e. The molecule has 160 valence electrons. The molecule has 0 unspecified atom stereocenters. The van der Waals surface area contributed by atoms with Gasteiger partial charge in [0.2, 0.25) is 5.89 Å². The Labute approximate surface area is 184 Å². The first kappa shape index (κ1) is 21.2. The monoisotopic (exact) mass is 436 g/mol. The van der Waals surface area contributed by atoms with Crippen molar-refractivity contribution in [3.05, 3.63) is 65.5 Å². The van der Waals surface area contributed by atoms with Crippen molar-refractivity contribution in [2.45, 2.75) is 32.5 Å². The Morgan fingerprint density at radius 3 is 2.13 bits per heavy atom. The molecule has 31 heavy (non-hydrogen) atoms. The molecular formula is C24H24N2O4S. The van der Waals surface area contributed by atoms with E-state index in [0.29, 0.717) is 21.5 Å². The number of aromatic nitrogens is 2. The van der Waals surface area contributed by atoms with E-state index in [2.05, 4.69) is 29.3 Å². The van der Waals surface area contributed by atoms with Crippen molar-refractivity contribution in [3.63, 3.8) is 0 Å². The van der Waals surface area contributed by atoms with Crippen LogP contribution < -0.4 is 4.74 Å². The Balaban J connectivity index is 1.43. The molecule has 2 heterocycles. The molecule has 0 bridgehead atoms. The fourth-order valence-electron chi connectivity index (χ4n) is 3.14. The molecule has 0 aliphatic carbocycles. The number of hydrogen-bond donors (Lipinski definition) is 2. The second-order valence-corrected chi connectivity index (χ2v) is 8.26. The zero-order valence-electron chi connectivity index (χ0n) is 17.2. The van der Waals surface area contributed by atoms with Crippen LogP contribution in [0.5, 0.6) is 5.75 Å². The van der Waals surface area contributed by atoms with Crippen molar-refractivity contribution in [1.29, 1.82) is 0 Å². The number of rotatable bonds is 9. The van der Waals surface area contributed by atoms with Crippen LogP contribution in [-0.4, -0.2) is 27.0 Å². The average molecular weight is 437 g/mol. The van der Waals surface area contributed by atoms with Crippen molar-refractivity contribution in [3.8, 4) is 39.1 Å². The molecule has 7 heteroatoms. The highest BCUT2D eigenvalue weighted by Gasteiger charge is 2.14. The Morgan fingerprint density at radius 2 is 1.48 bits per heavy atom. The first-order chi connectivity index (χ1) is 15.1. The lowest BCUT2D eigenvalue weighted by atomic mass is 10.0. The SMILES string of the molecule is CCCCCOc1ccc(-c2ccc(-c3nnc(-c4ccc(C(O)O)s4)o3)cc2)cc1. The minimum atomic E-state index is -1.50. The third-order valence-corrected chi connectivity index (χ3v) is 5.97. The van der Waals surface area contributed by atoms with E-state index in [1.54, 1.807) is 12.1 Å². The van der Waals surface area contributed by atoms with Crippen LogP contribution in [0, 0.1) is 0 Å². The lowest BCUT2D eigenvalue weighted by molar-refractivity contribution is -0.0395. The molecule has 2 N–H and O–H groups in total. The summed E-state index contributed by atoms with van der Waals surface area (Å²) in [5.74, 6) is 1.66. The van der Waals surface area contributed by atoms with Crippen LogP contribution >= 0.6 is 11.3 Å². The van der Waals surface area contributed by atoms with Crippen LogP contribution in [0.25, 0.3) is 33.3 Å². The van der Waals surface area contributed by atoms with Gasteiger partial charge in [-0.1, -0.05) is 44.0 Å². The van der Waals surface area contributed by atoms with E-state index in [4.69, 9.17) is 9.15 Å². The Bertz CT molecular complexity index is 1100. The topological polar surface area (TPSA) is 88.6 Å². The summed E-state index contributed by atoms with van der Waals surface area (Å²) in [6.45, 7) is 2.93. The molecule has 0 aliphatic heterocycles. The number of benzene rings is 2. The van der Waals surface area contributed by atoms with Gasteiger partial charge in [0, 0.05) is 5.56 Å². The molecule has 2 aromatic carbocycles. The summed E-state index contributed by atoms with van der Waals surface area (Å²) in [6, 6.07) is 19.4. The number of unbranched alkanes of at least 4 members (excludes halogenated alkanes) is 2. The highest BCUT2D eigenvalue weighted by atomic mass is 32.1. The van der Waals surface area contributed by atoms with Gasteiger partial charge in [0.1, 0.15) is 5.75 Å². The summed E-state index contributed by atoms with van der Waals surface area (Å²) in [7, 11) is 0. The van der Waals surface area contributed by atoms with E-state index < -0.39 is 6.29 Å². The molecule has 0 saturated carbocycles. The number of aliphatic hydroxyl groups is 2. The van der Waals surface area contributed by atoms with E-state index in [1.807, 2.05) is 36.4 Å². The maximum atomic E-state index is 9.25. The predicted molar refractivity (Wildman–Crippen MR) is 121 cm³/mol. The van der Waals surface area contributed by atoms with Gasteiger partial charge < -0.3 is 19.4 Å². The van der Waals surface area contributed by atoms with Gasteiger partial charge in [0.25, 0.3) is 5.89 Å². The molecule has 6 nitrogen and oxygen atoms in total. The standard InChI is InChI=1S/C24H24N2O4S/c1-2-3-4-15-29-19-11-9-17(10-12-19)16-5-7-18(8-6-16)22-25-26-23(30-22)20-13-14-21(31-20)24(27)28/h5-14,24,27-28H,2-4,15H2,1H3. The van der Waals surface area contributed by atoms with Crippen molar-refractivity contribution < 1.29 is 19.4 Å². The first-order valence-corrected chi connectivity index (χ1v) is 11.1. The highest BCUT2D eigenvalue weighted by Crippen LogP contribution is 2.32. The second-order valence-electron chi connectivity index (χ2n) is 7.15. The molecule has 0 amide bonds. The summed E-state index contributed by atoms with van der Waals surface area (Å²) in [5.41, 5.74) is 3.01. The molecule has 0 saturated heterocycles. The Hall–Kier alpha value is -3.00. The quantitative estimate of drug-likeness (QED) is 0.259. The molecule has 2 aromatic heterocycles. The molecule has 4 aromatic rings. The number of nitrogens with zero attached hydrogens (tertiary/aromatic N) is 2. The largest absolute Gasteiger partial charge is 0.494 e. The molecule has 0 fully saturated rings. The normalized spacial score (nSPS) is 11.2. The summed E-state index contributed by atoms with van der Waals surface area (Å²) in [5, 5.41) is 26.7. The predicted octanol–water partition coefficient (Wildman–Crippen LogP) is 5.68. The van der Waals surface area contributed by atoms with Gasteiger partial charge in [0.15, 0.2) is 6.29 Å². The van der Waals surface area contributed by atoms with E-state index in [0.717, 1.165) is 35.5 Å². The summed E-state index contributed by atoms with van der Waals surface area (Å²) in [4.78, 5) is 1.12. The van der Waals surface area contributed by atoms with E-state index in [9.17, 15) is 10.2 Å². The smallest absolute Gasteiger partial charge is 0.258 e. The molecular weight excluding hydrogens is 412 g/mol. The minimum absolute atomic E-state index is 0.352. The van der Waals surface area contributed by atoms with Gasteiger partial charge in [-0.25, -0.2) is 0 Å². The van der Waals surface area contributed by atoms with Gasteiger partial charge in [-0.05, 0) is 53.9 Å². The summed E-state index contributed by atoms with van der Waals surface area (Å²) >= 11 is 1.20. The summed E-state index contributed by atoms with van der Waals surface area (Å²) in [6.07, 6.45) is 1.95. The van der Waals surface area contributed by atoms with Crippen molar-refractivity contribution >= 4 is 11.3 Å². The van der Waals surface area contributed by atoms with Crippen molar-refractivity contribution in [2.24, 2.45) is 0 Å².